The Labute approximate surface area is 100 Å². The molecule has 1 rings (SSSR count). The second-order valence-electron chi connectivity index (χ2n) is 4.80. The van der Waals surface area contributed by atoms with Crippen LogP contribution in [0.1, 0.15) is 26.3 Å². The van der Waals surface area contributed by atoms with Gasteiger partial charge >= 0.3 is 0 Å². The number of benzene rings is 1. The number of carbonyl (C=O) groups excluding carboxylic acids is 1. The van der Waals surface area contributed by atoms with Crippen LogP contribution >= 0.6 is 0 Å². The van der Waals surface area contributed by atoms with Gasteiger partial charge in [0.1, 0.15) is 11.9 Å². The largest absolute Gasteiger partial charge is 0.293 e. The molecule has 0 aliphatic carbocycles. The van der Waals surface area contributed by atoms with Crippen LogP contribution in [0.3, 0.4) is 0 Å². The second kappa shape index (κ2) is 4.92. The van der Waals surface area contributed by atoms with Crippen LogP contribution in [-0.4, -0.2) is 5.78 Å². The van der Waals surface area contributed by atoms with E-state index in [1.807, 2.05) is 6.07 Å². The lowest BCUT2D eigenvalue weighted by atomic mass is 9.86. The molecule has 0 atom stereocenters. The molecule has 0 fully saturated rings. The average molecular weight is 231 g/mol. The van der Waals surface area contributed by atoms with Crippen LogP contribution in [-0.2, 0) is 4.79 Å². The van der Waals surface area contributed by atoms with Gasteiger partial charge in [-0.3, -0.25) is 4.79 Å². The molecule has 0 heterocycles. The lowest BCUT2D eigenvalue weighted by Crippen LogP contribution is -2.21. The van der Waals surface area contributed by atoms with E-state index in [1.54, 1.807) is 20.8 Å². The molecule has 0 N–H and O–H groups in total. The van der Waals surface area contributed by atoms with Gasteiger partial charge in [0.15, 0.2) is 5.78 Å². The molecule has 0 aromatic heterocycles. The Morgan fingerprint density at radius 2 is 1.82 bits per heavy atom. The number of nitriles is 1. The fraction of sp³-hybridized carbons (Fsp3) is 0.286. The van der Waals surface area contributed by atoms with Gasteiger partial charge in [-0.2, -0.15) is 5.26 Å². The van der Waals surface area contributed by atoms with Crippen molar-refractivity contribution in [3.05, 3.63) is 41.2 Å². The predicted molar refractivity (Wildman–Crippen MR) is 64.5 cm³/mol. The first-order valence-corrected chi connectivity index (χ1v) is 5.27. The lowest BCUT2D eigenvalue weighted by Gasteiger charge is -2.15. The van der Waals surface area contributed by atoms with Gasteiger partial charge in [-0.25, -0.2) is 4.39 Å². The van der Waals surface area contributed by atoms with Gasteiger partial charge in [0.05, 0.1) is 5.57 Å². The number of hydrogen-bond acceptors (Lipinski definition) is 2. The van der Waals surface area contributed by atoms with Crippen molar-refractivity contribution in [3.63, 3.8) is 0 Å². The molecule has 0 amide bonds. The normalized spacial score (nSPS) is 12.1. The van der Waals surface area contributed by atoms with Crippen molar-refractivity contribution in [1.82, 2.24) is 0 Å². The predicted octanol–water partition coefficient (Wildman–Crippen LogP) is 3.35. The highest BCUT2D eigenvalue weighted by atomic mass is 19.1. The smallest absolute Gasteiger partial charge is 0.178 e. The Balaban J connectivity index is 3.08. The average Bonchev–Trinajstić information content (AvgIpc) is 2.26. The van der Waals surface area contributed by atoms with Crippen molar-refractivity contribution in [2.45, 2.75) is 20.8 Å². The highest BCUT2D eigenvalue weighted by molar-refractivity contribution is 6.06. The summed E-state index contributed by atoms with van der Waals surface area (Å²) in [5.41, 5.74) is 0.131. The van der Waals surface area contributed by atoms with Gasteiger partial charge < -0.3 is 0 Å². The molecule has 0 aliphatic heterocycles. The fourth-order valence-corrected chi connectivity index (χ4v) is 1.28. The number of hydrogen-bond donors (Lipinski definition) is 0. The van der Waals surface area contributed by atoms with Crippen molar-refractivity contribution in [2.75, 3.05) is 0 Å². The standard InChI is InChI=1S/C14H14FNO/c1-14(2,3)13(17)11(9-16)8-10-4-6-12(15)7-5-10/h4-8H,1-3H3. The van der Waals surface area contributed by atoms with E-state index in [4.69, 9.17) is 5.26 Å². The van der Waals surface area contributed by atoms with E-state index >= 15 is 0 Å². The van der Waals surface area contributed by atoms with Crippen molar-refractivity contribution in [1.29, 1.82) is 5.26 Å². The monoisotopic (exact) mass is 231 g/mol. The fourth-order valence-electron chi connectivity index (χ4n) is 1.28. The quantitative estimate of drug-likeness (QED) is 0.578. The van der Waals surface area contributed by atoms with Crippen molar-refractivity contribution in [3.8, 4) is 6.07 Å². The van der Waals surface area contributed by atoms with E-state index in [2.05, 4.69) is 0 Å². The van der Waals surface area contributed by atoms with Gasteiger partial charge in [0.25, 0.3) is 0 Å². The molecule has 0 aliphatic rings. The number of nitrogens with zero attached hydrogens (tertiary/aromatic N) is 1. The zero-order chi connectivity index (χ0) is 13.1. The number of ketones is 1. The highest BCUT2D eigenvalue weighted by Crippen LogP contribution is 2.21. The molecule has 2 nitrogen and oxygen atoms in total. The Morgan fingerprint density at radius 3 is 2.24 bits per heavy atom. The first kappa shape index (κ1) is 13.1. The molecule has 0 radical (unpaired) electrons. The molecular weight excluding hydrogens is 217 g/mol. The van der Waals surface area contributed by atoms with E-state index in [1.165, 1.54) is 30.3 Å². The first-order valence-electron chi connectivity index (χ1n) is 5.27. The summed E-state index contributed by atoms with van der Waals surface area (Å²) < 4.78 is 12.7. The van der Waals surface area contributed by atoms with Crippen LogP contribution in [0.5, 0.6) is 0 Å². The highest BCUT2D eigenvalue weighted by Gasteiger charge is 2.24. The third-order valence-electron chi connectivity index (χ3n) is 2.23. The van der Waals surface area contributed by atoms with Crippen LogP contribution in [0.25, 0.3) is 6.08 Å². The maximum Gasteiger partial charge on any atom is 0.178 e. The van der Waals surface area contributed by atoms with E-state index in [0.717, 1.165) is 0 Å². The number of rotatable bonds is 2. The summed E-state index contributed by atoms with van der Waals surface area (Å²) in [6.45, 7) is 5.27. The van der Waals surface area contributed by atoms with E-state index in [0.29, 0.717) is 5.56 Å². The molecule has 0 bridgehead atoms. The molecule has 1 aromatic carbocycles. The number of allylic oxidation sites excluding steroid dienone is 1. The summed E-state index contributed by atoms with van der Waals surface area (Å²) >= 11 is 0. The zero-order valence-corrected chi connectivity index (χ0v) is 10.1. The van der Waals surface area contributed by atoms with Gasteiger partial charge in [0.2, 0.25) is 0 Å². The maximum atomic E-state index is 12.7. The van der Waals surface area contributed by atoms with Gasteiger partial charge in [-0.1, -0.05) is 32.9 Å². The number of Topliss-reactive ketones (excluding diaryl/α,β-unsaturated/α-hetero) is 1. The SMILES string of the molecule is CC(C)(C)C(=O)C(C#N)=Cc1ccc(F)cc1. The van der Waals surface area contributed by atoms with Crippen molar-refractivity contribution in [2.24, 2.45) is 5.41 Å². The van der Waals surface area contributed by atoms with Crippen LogP contribution < -0.4 is 0 Å². The molecule has 88 valence electrons. The van der Waals surface area contributed by atoms with Crippen LogP contribution in [0.15, 0.2) is 29.8 Å². The molecule has 3 heteroatoms. The minimum atomic E-state index is -0.596. The Bertz CT molecular complexity index is 486. The zero-order valence-electron chi connectivity index (χ0n) is 10.1. The van der Waals surface area contributed by atoms with Gasteiger partial charge in [0, 0.05) is 5.41 Å². The van der Waals surface area contributed by atoms with Crippen LogP contribution in [0, 0.1) is 22.6 Å². The summed E-state index contributed by atoms with van der Waals surface area (Å²) in [4.78, 5) is 11.9. The first-order chi connectivity index (χ1) is 7.84. The summed E-state index contributed by atoms with van der Waals surface area (Å²) in [5.74, 6) is -0.563. The summed E-state index contributed by atoms with van der Waals surface area (Å²) in [6.07, 6.45) is 1.48. The third-order valence-corrected chi connectivity index (χ3v) is 2.23. The van der Waals surface area contributed by atoms with E-state index < -0.39 is 5.41 Å². The van der Waals surface area contributed by atoms with Crippen molar-refractivity contribution < 1.29 is 9.18 Å². The third kappa shape index (κ3) is 3.53. The molecule has 0 saturated heterocycles. The van der Waals surface area contributed by atoms with E-state index in [9.17, 15) is 9.18 Å². The molecule has 0 unspecified atom stereocenters. The van der Waals surface area contributed by atoms with Crippen molar-refractivity contribution >= 4 is 11.9 Å². The maximum absolute atomic E-state index is 12.7. The second-order valence-corrected chi connectivity index (χ2v) is 4.80. The minimum absolute atomic E-state index is 0.0871. The number of halogens is 1. The van der Waals surface area contributed by atoms with Crippen LogP contribution in [0.4, 0.5) is 4.39 Å². The van der Waals surface area contributed by atoms with Gasteiger partial charge in [-0.15, -0.1) is 0 Å². The molecule has 0 saturated carbocycles. The van der Waals surface area contributed by atoms with Gasteiger partial charge in [-0.05, 0) is 23.8 Å². The molecule has 17 heavy (non-hydrogen) atoms. The molecule has 0 spiro atoms. The lowest BCUT2D eigenvalue weighted by molar-refractivity contribution is -0.121. The van der Waals surface area contributed by atoms with E-state index in [-0.39, 0.29) is 17.2 Å². The molecular formula is C14H14FNO. The topological polar surface area (TPSA) is 40.9 Å². The molecule has 1 aromatic rings. The van der Waals surface area contributed by atoms with Crippen LogP contribution in [0.2, 0.25) is 0 Å². The summed E-state index contributed by atoms with van der Waals surface area (Å²) in [7, 11) is 0. The minimum Gasteiger partial charge on any atom is -0.293 e. The summed E-state index contributed by atoms with van der Waals surface area (Å²) in [6, 6.07) is 7.54. The Morgan fingerprint density at radius 1 is 1.29 bits per heavy atom. The number of carbonyl (C=O) groups is 1. The Hall–Kier alpha value is -1.95. The Kier molecular flexibility index (Phi) is 3.80. The summed E-state index contributed by atoms with van der Waals surface area (Å²) in [5, 5.41) is 8.96.